The lowest BCUT2D eigenvalue weighted by Gasteiger charge is -2.34. The Balaban J connectivity index is 1.49. The van der Waals surface area contributed by atoms with Gasteiger partial charge in [-0.1, -0.05) is 6.42 Å². The molecule has 24 heavy (non-hydrogen) atoms. The molecular formula is C16H18N6S2. The average Bonchev–Trinajstić information content (AvgIpc) is 3.29. The maximum absolute atomic E-state index is 4.79. The Morgan fingerprint density at radius 2 is 2.21 bits per heavy atom. The van der Waals surface area contributed by atoms with Crippen molar-refractivity contribution < 1.29 is 0 Å². The second kappa shape index (κ2) is 7.33. The second-order valence-electron chi connectivity index (χ2n) is 5.76. The first kappa shape index (κ1) is 15.6. The van der Waals surface area contributed by atoms with Crippen molar-refractivity contribution in [3.8, 4) is 0 Å². The van der Waals surface area contributed by atoms with E-state index in [-0.39, 0.29) is 0 Å². The third-order valence-electron chi connectivity index (χ3n) is 4.12. The Kier molecular flexibility index (Phi) is 4.77. The molecule has 0 spiro atoms. The topological polar surface area (TPSA) is 66.8 Å². The van der Waals surface area contributed by atoms with Crippen LogP contribution < -0.4 is 5.32 Å². The summed E-state index contributed by atoms with van der Waals surface area (Å²) in [5.41, 5.74) is 4.20. The number of nitrogens with one attached hydrogen (secondary N) is 1. The minimum Gasteiger partial charge on any atom is -0.315 e. The van der Waals surface area contributed by atoms with Gasteiger partial charge in [0.25, 0.3) is 0 Å². The van der Waals surface area contributed by atoms with E-state index in [1.807, 2.05) is 5.51 Å². The van der Waals surface area contributed by atoms with Gasteiger partial charge in [0, 0.05) is 29.7 Å². The van der Waals surface area contributed by atoms with Crippen molar-refractivity contribution >= 4 is 33.6 Å². The van der Waals surface area contributed by atoms with E-state index >= 15 is 0 Å². The van der Waals surface area contributed by atoms with Gasteiger partial charge in [-0.15, -0.1) is 22.7 Å². The van der Waals surface area contributed by atoms with Gasteiger partial charge in [-0.3, -0.25) is 9.88 Å². The molecule has 1 aliphatic rings. The molecule has 3 aromatic rings. The van der Waals surface area contributed by atoms with Crippen molar-refractivity contribution in [2.45, 2.75) is 31.8 Å². The number of anilines is 2. The molecule has 1 N–H and O–H groups in total. The molecule has 1 saturated heterocycles. The fraction of sp³-hybridized carbons (Fsp3) is 0.375. The number of hydrogen-bond donors (Lipinski definition) is 1. The van der Waals surface area contributed by atoms with Gasteiger partial charge in [0.2, 0.25) is 0 Å². The zero-order valence-electron chi connectivity index (χ0n) is 13.1. The molecule has 3 aromatic heterocycles. The quantitative estimate of drug-likeness (QED) is 0.747. The number of hydrogen-bond acceptors (Lipinski definition) is 8. The van der Waals surface area contributed by atoms with Crippen LogP contribution in [0.5, 0.6) is 0 Å². The summed E-state index contributed by atoms with van der Waals surface area (Å²) in [6, 6.07) is 0.370. The summed E-state index contributed by atoms with van der Waals surface area (Å²) in [7, 11) is 0. The SMILES string of the molecule is c1cnc(Nc2nc(C3CCCCN3Cc3cscn3)cs2)cn1. The number of rotatable bonds is 5. The molecule has 8 heteroatoms. The maximum atomic E-state index is 4.79. The van der Waals surface area contributed by atoms with Crippen molar-refractivity contribution in [2.24, 2.45) is 0 Å². The summed E-state index contributed by atoms with van der Waals surface area (Å²) in [5.74, 6) is 0.723. The highest BCUT2D eigenvalue weighted by atomic mass is 32.1. The van der Waals surface area contributed by atoms with Crippen molar-refractivity contribution in [3.63, 3.8) is 0 Å². The number of nitrogens with zero attached hydrogens (tertiary/aromatic N) is 5. The van der Waals surface area contributed by atoms with Crippen molar-refractivity contribution in [1.29, 1.82) is 0 Å². The summed E-state index contributed by atoms with van der Waals surface area (Å²) >= 11 is 3.27. The second-order valence-corrected chi connectivity index (χ2v) is 7.33. The Morgan fingerprint density at radius 1 is 1.21 bits per heavy atom. The molecule has 0 bridgehead atoms. The molecule has 1 unspecified atom stereocenters. The fourth-order valence-corrected chi connectivity index (χ4v) is 4.32. The first-order valence-corrected chi connectivity index (χ1v) is 9.80. The van der Waals surface area contributed by atoms with Gasteiger partial charge in [-0.05, 0) is 19.4 Å². The molecule has 1 atom stereocenters. The Labute approximate surface area is 148 Å². The van der Waals surface area contributed by atoms with Gasteiger partial charge in [0.05, 0.1) is 29.1 Å². The number of likely N-dealkylation sites (tertiary alicyclic amines) is 1. The molecule has 1 aliphatic heterocycles. The minimum atomic E-state index is 0.370. The lowest BCUT2D eigenvalue weighted by Crippen LogP contribution is -2.33. The standard InChI is InChI=1S/C16H18N6S2/c1-2-6-22(8-12-9-23-11-19-12)14(3-1)13-10-24-16(20-13)21-15-7-17-4-5-18-15/h4-5,7,9-11,14H,1-3,6,8H2,(H,18,20,21). The van der Waals surface area contributed by atoms with Crippen LogP contribution in [0.25, 0.3) is 0 Å². The van der Waals surface area contributed by atoms with Gasteiger partial charge in [0.15, 0.2) is 10.9 Å². The molecule has 0 aliphatic carbocycles. The molecular weight excluding hydrogens is 340 g/mol. The highest BCUT2D eigenvalue weighted by molar-refractivity contribution is 7.13. The largest absolute Gasteiger partial charge is 0.315 e. The average molecular weight is 358 g/mol. The van der Waals surface area contributed by atoms with Gasteiger partial charge >= 0.3 is 0 Å². The summed E-state index contributed by atoms with van der Waals surface area (Å²) in [6.07, 6.45) is 8.69. The first-order valence-electron chi connectivity index (χ1n) is 7.98. The van der Waals surface area contributed by atoms with E-state index in [2.05, 4.69) is 35.9 Å². The highest BCUT2D eigenvalue weighted by Crippen LogP contribution is 2.34. The first-order chi connectivity index (χ1) is 11.9. The van der Waals surface area contributed by atoms with Crippen LogP contribution in [0.15, 0.2) is 34.9 Å². The summed E-state index contributed by atoms with van der Waals surface area (Å²) in [4.78, 5) is 20.0. The zero-order valence-corrected chi connectivity index (χ0v) is 14.8. The van der Waals surface area contributed by atoms with Crippen LogP contribution in [0.2, 0.25) is 0 Å². The smallest absolute Gasteiger partial charge is 0.188 e. The highest BCUT2D eigenvalue weighted by Gasteiger charge is 2.26. The van der Waals surface area contributed by atoms with E-state index in [9.17, 15) is 0 Å². The Hall–Kier alpha value is -1.90. The predicted molar refractivity (Wildman–Crippen MR) is 96.5 cm³/mol. The maximum Gasteiger partial charge on any atom is 0.188 e. The number of thiazole rings is 2. The van der Waals surface area contributed by atoms with E-state index in [1.54, 1.807) is 41.3 Å². The summed E-state index contributed by atoms with van der Waals surface area (Å²) in [5, 5.41) is 8.38. The van der Waals surface area contributed by atoms with E-state index in [0.717, 1.165) is 41.8 Å². The molecule has 0 saturated carbocycles. The lowest BCUT2D eigenvalue weighted by atomic mass is 10.00. The third-order valence-corrected chi connectivity index (χ3v) is 5.53. The van der Waals surface area contributed by atoms with E-state index < -0.39 is 0 Å². The molecule has 124 valence electrons. The zero-order chi connectivity index (χ0) is 16.2. The van der Waals surface area contributed by atoms with E-state index in [4.69, 9.17) is 4.98 Å². The molecule has 0 radical (unpaired) electrons. The van der Waals surface area contributed by atoms with Crippen LogP contribution in [0.4, 0.5) is 10.9 Å². The molecule has 0 amide bonds. The van der Waals surface area contributed by atoms with Crippen molar-refractivity contribution in [1.82, 2.24) is 24.8 Å². The normalized spacial score (nSPS) is 18.6. The van der Waals surface area contributed by atoms with Gasteiger partial charge in [-0.2, -0.15) is 0 Å². The van der Waals surface area contributed by atoms with Gasteiger partial charge in [0.1, 0.15) is 0 Å². The molecule has 0 aromatic carbocycles. The fourth-order valence-electron chi connectivity index (χ4n) is 3.01. The Morgan fingerprint density at radius 3 is 3.04 bits per heavy atom. The third kappa shape index (κ3) is 3.61. The Bertz CT molecular complexity index is 758. The van der Waals surface area contributed by atoms with Crippen LogP contribution in [-0.4, -0.2) is 31.4 Å². The van der Waals surface area contributed by atoms with Gasteiger partial charge < -0.3 is 5.32 Å². The minimum absolute atomic E-state index is 0.370. The molecule has 4 heterocycles. The molecule has 1 fully saturated rings. The number of aromatic nitrogens is 4. The monoisotopic (exact) mass is 358 g/mol. The summed E-state index contributed by atoms with van der Waals surface area (Å²) in [6.45, 7) is 2.01. The van der Waals surface area contributed by atoms with Crippen LogP contribution in [0.1, 0.15) is 36.7 Å². The van der Waals surface area contributed by atoms with E-state index in [0.29, 0.717) is 6.04 Å². The molecule has 6 nitrogen and oxygen atoms in total. The lowest BCUT2D eigenvalue weighted by molar-refractivity contribution is 0.136. The van der Waals surface area contributed by atoms with Crippen LogP contribution in [0.3, 0.4) is 0 Å². The van der Waals surface area contributed by atoms with Crippen molar-refractivity contribution in [2.75, 3.05) is 11.9 Å². The van der Waals surface area contributed by atoms with Crippen LogP contribution in [0, 0.1) is 0 Å². The number of piperidine rings is 1. The van der Waals surface area contributed by atoms with E-state index in [1.165, 1.54) is 12.8 Å². The van der Waals surface area contributed by atoms with Crippen molar-refractivity contribution in [3.05, 3.63) is 46.2 Å². The van der Waals surface area contributed by atoms with Crippen LogP contribution in [-0.2, 0) is 6.54 Å². The van der Waals surface area contributed by atoms with Gasteiger partial charge in [-0.25, -0.2) is 15.0 Å². The predicted octanol–water partition coefficient (Wildman–Crippen LogP) is 3.86. The summed E-state index contributed by atoms with van der Waals surface area (Å²) < 4.78 is 0. The van der Waals surface area contributed by atoms with Crippen LogP contribution >= 0.6 is 22.7 Å². The molecule has 4 rings (SSSR count).